The molecule has 3 rings (SSSR count). The van der Waals surface area contributed by atoms with Crippen LogP contribution in [-0.2, 0) is 0 Å². The Morgan fingerprint density at radius 3 is 2.88 bits per heavy atom. The number of rotatable bonds is 1. The summed E-state index contributed by atoms with van der Waals surface area (Å²) in [5.41, 5.74) is 8.51. The van der Waals surface area contributed by atoms with Crippen molar-refractivity contribution in [2.75, 3.05) is 5.73 Å². The minimum Gasteiger partial charge on any atom is -0.397 e. The third-order valence-electron chi connectivity index (χ3n) is 2.19. The Balaban J connectivity index is 2.19. The zero-order valence-corrected chi connectivity index (χ0v) is 8.25. The Morgan fingerprint density at radius 1 is 1.12 bits per heavy atom. The van der Waals surface area contributed by atoms with E-state index in [0.717, 1.165) is 11.1 Å². The zero-order chi connectivity index (χ0) is 11.0. The fraction of sp³-hybridized carbons (Fsp3) is 0. The molecule has 0 bridgehead atoms. The lowest BCUT2D eigenvalue weighted by Crippen LogP contribution is -1.88. The fourth-order valence-electron chi connectivity index (χ4n) is 1.49. The highest BCUT2D eigenvalue weighted by Gasteiger charge is 2.06. The van der Waals surface area contributed by atoms with Gasteiger partial charge in [-0.15, -0.1) is 0 Å². The van der Waals surface area contributed by atoms with Gasteiger partial charge in [-0.1, -0.05) is 0 Å². The third kappa shape index (κ3) is 1.36. The molecule has 0 aliphatic heterocycles. The maximum absolute atomic E-state index is 5.66. The van der Waals surface area contributed by atoms with Crippen LogP contribution in [0.5, 0.6) is 0 Å². The summed E-state index contributed by atoms with van der Waals surface area (Å²) >= 11 is 0. The molecule has 16 heavy (non-hydrogen) atoms. The van der Waals surface area contributed by atoms with E-state index in [1.165, 1.54) is 6.33 Å². The van der Waals surface area contributed by atoms with Crippen molar-refractivity contribution in [3.8, 4) is 11.4 Å². The molecule has 3 heterocycles. The summed E-state index contributed by atoms with van der Waals surface area (Å²) < 4.78 is 0. The molecule has 3 aromatic rings. The number of nitrogens with two attached hydrogens (primary N) is 1. The monoisotopic (exact) mass is 212 g/mol. The molecule has 0 saturated heterocycles. The number of anilines is 1. The molecule has 0 aliphatic carbocycles. The number of hydrogen-bond donors (Lipinski definition) is 2. The SMILES string of the molecule is Nc1cncc(-c2nc3ncncc3[nH]2)c1. The molecule has 0 unspecified atom stereocenters. The first kappa shape index (κ1) is 8.78. The zero-order valence-electron chi connectivity index (χ0n) is 8.25. The van der Waals surface area contributed by atoms with Crippen molar-refractivity contribution >= 4 is 16.9 Å². The number of aromatic nitrogens is 5. The fourth-order valence-corrected chi connectivity index (χ4v) is 1.49. The van der Waals surface area contributed by atoms with E-state index < -0.39 is 0 Å². The van der Waals surface area contributed by atoms with Crippen LogP contribution in [0.2, 0.25) is 0 Å². The van der Waals surface area contributed by atoms with Crippen LogP contribution in [0.4, 0.5) is 5.69 Å². The number of hydrogen-bond acceptors (Lipinski definition) is 5. The van der Waals surface area contributed by atoms with Crippen molar-refractivity contribution in [3.63, 3.8) is 0 Å². The molecule has 0 fully saturated rings. The molecule has 0 spiro atoms. The van der Waals surface area contributed by atoms with Gasteiger partial charge in [-0.25, -0.2) is 15.0 Å². The van der Waals surface area contributed by atoms with Gasteiger partial charge in [-0.2, -0.15) is 0 Å². The first-order valence-electron chi connectivity index (χ1n) is 4.69. The van der Waals surface area contributed by atoms with Crippen LogP contribution >= 0.6 is 0 Å². The van der Waals surface area contributed by atoms with E-state index in [1.807, 2.05) is 0 Å². The largest absolute Gasteiger partial charge is 0.397 e. The van der Waals surface area contributed by atoms with Gasteiger partial charge in [-0.3, -0.25) is 4.98 Å². The Kier molecular flexibility index (Phi) is 1.79. The third-order valence-corrected chi connectivity index (χ3v) is 2.19. The number of aromatic amines is 1. The summed E-state index contributed by atoms with van der Waals surface area (Å²) in [6.07, 6.45) is 6.43. The normalized spacial score (nSPS) is 10.8. The summed E-state index contributed by atoms with van der Waals surface area (Å²) in [6.45, 7) is 0. The van der Waals surface area contributed by atoms with E-state index in [1.54, 1.807) is 24.7 Å². The number of nitrogens with zero attached hydrogens (tertiary/aromatic N) is 4. The van der Waals surface area contributed by atoms with Crippen LogP contribution in [0.1, 0.15) is 0 Å². The smallest absolute Gasteiger partial charge is 0.181 e. The second kappa shape index (κ2) is 3.27. The summed E-state index contributed by atoms with van der Waals surface area (Å²) in [5, 5.41) is 0. The van der Waals surface area contributed by atoms with Gasteiger partial charge in [0.1, 0.15) is 17.7 Å². The predicted molar refractivity (Wildman–Crippen MR) is 59.3 cm³/mol. The lowest BCUT2D eigenvalue weighted by Gasteiger charge is -1.96. The van der Waals surface area contributed by atoms with E-state index in [4.69, 9.17) is 5.73 Å². The van der Waals surface area contributed by atoms with E-state index in [2.05, 4.69) is 24.9 Å². The lowest BCUT2D eigenvalue weighted by molar-refractivity contribution is 1.20. The van der Waals surface area contributed by atoms with Gasteiger partial charge < -0.3 is 10.7 Å². The van der Waals surface area contributed by atoms with Crippen molar-refractivity contribution in [2.24, 2.45) is 0 Å². The second-order valence-electron chi connectivity index (χ2n) is 3.35. The Hall–Kier alpha value is -2.50. The summed E-state index contributed by atoms with van der Waals surface area (Å²) in [5.74, 6) is 0.690. The van der Waals surface area contributed by atoms with Gasteiger partial charge >= 0.3 is 0 Å². The van der Waals surface area contributed by atoms with Crippen LogP contribution < -0.4 is 5.73 Å². The maximum Gasteiger partial charge on any atom is 0.181 e. The topological polar surface area (TPSA) is 93.4 Å². The second-order valence-corrected chi connectivity index (χ2v) is 3.35. The van der Waals surface area contributed by atoms with Crippen LogP contribution in [0.3, 0.4) is 0 Å². The Labute approximate surface area is 90.6 Å². The van der Waals surface area contributed by atoms with Gasteiger partial charge in [0.25, 0.3) is 0 Å². The van der Waals surface area contributed by atoms with Crippen LogP contribution in [0.15, 0.2) is 31.0 Å². The Morgan fingerprint density at radius 2 is 2.06 bits per heavy atom. The maximum atomic E-state index is 5.66. The number of nitrogen functional groups attached to an aromatic ring is 1. The molecule has 78 valence electrons. The highest BCUT2D eigenvalue weighted by molar-refractivity contribution is 5.75. The van der Waals surface area contributed by atoms with Crippen molar-refractivity contribution in [1.29, 1.82) is 0 Å². The average Bonchev–Trinajstić information content (AvgIpc) is 2.72. The molecule has 0 amide bonds. The number of imidazole rings is 1. The molecule has 3 aromatic heterocycles. The summed E-state index contributed by atoms with van der Waals surface area (Å²) in [4.78, 5) is 19.4. The highest BCUT2D eigenvalue weighted by Crippen LogP contribution is 2.19. The first-order valence-corrected chi connectivity index (χ1v) is 4.69. The molecule has 3 N–H and O–H groups in total. The van der Waals surface area contributed by atoms with E-state index >= 15 is 0 Å². The molecule has 0 radical (unpaired) electrons. The number of H-pyrrole nitrogens is 1. The van der Waals surface area contributed by atoms with Crippen LogP contribution in [-0.4, -0.2) is 24.9 Å². The van der Waals surface area contributed by atoms with Crippen molar-refractivity contribution in [1.82, 2.24) is 24.9 Å². The molecular weight excluding hydrogens is 204 g/mol. The summed E-state index contributed by atoms with van der Waals surface area (Å²) in [7, 11) is 0. The van der Waals surface area contributed by atoms with Crippen LogP contribution in [0.25, 0.3) is 22.6 Å². The van der Waals surface area contributed by atoms with E-state index in [9.17, 15) is 0 Å². The number of pyridine rings is 1. The summed E-state index contributed by atoms with van der Waals surface area (Å²) in [6, 6.07) is 1.80. The van der Waals surface area contributed by atoms with E-state index in [-0.39, 0.29) is 0 Å². The molecule has 0 aromatic carbocycles. The molecule has 0 atom stereocenters. The molecule has 0 saturated carbocycles. The standard InChI is InChI=1S/C10H8N6/c11-7-1-6(2-12-3-7)9-15-8-4-13-5-14-10(8)16-9/h1-5H,11H2,(H,13,14,15,16). The molecule has 0 aliphatic rings. The predicted octanol–water partition coefficient (Wildman–Crippen LogP) is 0.997. The molecular formula is C10H8N6. The van der Waals surface area contributed by atoms with Gasteiger partial charge in [0.05, 0.1) is 11.9 Å². The van der Waals surface area contributed by atoms with Crippen LogP contribution in [0, 0.1) is 0 Å². The van der Waals surface area contributed by atoms with E-state index in [0.29, 0.717) is 17.2 Å². The quantitative estimate of drug-likeness (QED) is 0.627. The van der Waals surface area contributed by atoms with Gasteiger partial charge in [-0.05, 0) is 6.07 Å². The molecule has 6 nitrogen and oxygen atoms in total. The van der Waals surface area contributed by atoms with Gasteiger partial charge in [0, 0.05) is 18.0 Å². The number of fused-ring (bicyclic) bond motifs is 1. The van der Waals surface area contributed by atoms with Crippen molar-refractivity contribution in [2.45, 2.75) is 0 Å². The van der Waals surface area contributed by atoms with Gasteiger partial charge in [0.2, 0.25) is 0 Å². The van der Waals surface area contributed by atoms with Gasteiger partial charge in [0.15, 0.2) is 5.65 Å². The van der Waals surface area contributed by atoms with Crippen molar-refractivity contribution < 1.29 is 0 Å². The average molecular weight is 212 g/mol. The first-order chi connectivity index (χ1) is 7.83. The highest BCUT2D eigenvalue weighted by atomic mass is 15.0. The minimum atomic E-state index is 0.601. The number of nitrogens with one attached hydrogen (secondary N) is 1. The molecule has 6 heteroatoms. The lowest BCUT2D eigenvalue weighted by atomic mass is 10.2. The van der Waals surface area contributed by atoms with Crippen molar-refractivity contribution in [3.05, 3.63) is 31.0 Å². The minimum absolute atomic E-state index is 0.601. The Bertz CT molecular complexity index is 611.